The first kappa shape index (κ1) is 21.2. The normalized spacial score (nSPS) is 10.7. The smallest absolute Gasteiger partial charge is 0.344 e. The lowest BCUT2D eigenvalue weighted by Gasteiger charge is -2.17. The maximum Gasteiger partial charge on any atom is 0.344 e. The lowest BCUT2D eigenvalue weighted by Crippen LogP contribution is -2.32. The first-order valence-corrected chi connectivity index (χ1v) is 10.7. The maximum absolute atomic E-state index is 13.5. The van der Waals surface area contributed by atoms with Gasteiger partial charge in [0.2, 0.25) is 0 Å². The van der Waals surface area contributed by atoms with Crippen LogP contribution in [0.2, 0.25) is 0 Å². The lowest BCUT2D eigenvalue weighted by atomic mass is 9.95. The summed E-state index contributed by atoms with van der Waals surface area (Å²) < 4.78 is 6.68. The van der Waals surface area contributed by atoms with E-state index in [-0.39, 0.29) is 12.2 Å². The molecule has 1 aromatic heterocycles. The Bertz CT molecular complexity index is 1250. The summed E-state index contributed by atoms with van der Waals surface area (Å²) in [5.41, 5.74) is 3.30. The van der Waals surface area contributed by atoms with Gasteiger partial charge in [-0.05, 0) is 24.5 Å². The molecule has 0 spiro atoms. The average Bonchev–Trinajstić information content (AvgIpc) is 2.84. The van der Waals surface area contributed by atoms with Gasteiger partial charge in [-0.1, -0.05) is 91.0 Å². The van der Waals surface area contributed by atoms with Gasteiger partial charge in [0.1, 0.15) is 5.56 Å². The van der Waals surface area contributed by atoms with E-state index in [0.717, 1.165) is 16.7 Å². The molecule has 0 N–H and O–H groups in total. The van der Waals surface area contributed by atoms with Gasteiger partial charge in [-0.15, -0.1) is 0 Å². The molecule has 0 bridgehead atoms. The van der Waals surface area contributed by atoms with Crippen LogP contribution in [0.1, 0.15) is 22.8 Å². The zero-order valence-electron chi connectivity index (χ0n) is 17.9. The molecule has 160 valence electrons. The quantitative estimate of drug-likeness (QED) is 0.392. The molecule has 3 aromatic carbocycles. The van der Waals surface area contributed by atoms with Gasteiger partial charge in [0.15, 0.2) is 0 Å². The summed E-state index contributed by atoms with van der Waals surface area (Å²) in [6, 6.07) is 28.9. The minimum absolute atomic E-state index is 0.0139. The molecule has 5 heteroatoms. The minimum Gasteiger partial charge on any atom is -0.462 e. The minimum atomic E-state index is -0.635. The molecule has 0 saturated carbocycles. The Morgan fingerprint density at radius 3 is 2.00 bits per heavy atom. The Balaban J connectivity index is 1.94. The van der Waals surface area contributed by atoms with Crippen LogP contribution in [-0.2, 0) is 17.7 Å². The second-order valence-corrected chi connectivity index (χ2v) is 7.32. The maximum atomic E-state index is 13.5. The summed E-state index contributed by atoms with van der Waals surface area (Å²) in [6.07, 6.45) is 0.620. The van der Waals surface area contributed by atoms with Crippen LogP contribution in [0.4, 0.5) is 0 Å². The Morgan fingerprint density at radius 1 is 0.844 bits per heavy atom. The largest absolute Gasteiger partial charge is 0.462 e. The fourth-order valence-electron chi connectivity index (χ4n) is 3.68. The third kappa shape index (κ3) is 4.52. The van der Waals surface area contributed by atoms with Crippen LogP contribution in [0.5, 0.6) is 0 Å². The van der Waals surface area contributed by atoms with Crippen LogP contribution in [0.25, 0.3) is 22.4 Å². The molecule has 0 amide bonds. The van der Waals surface area contributed by atoms with Crippen molar-refractivity contribution in [1.29, 1.82) is 0 Å². The number of aryl methyl sites for hydroxylation is 2. The van der Waals surface area contributed by atoms with Crippen molar-refractivity contribution in [3.63, 3.8) is 0 Å². The van der Waals surface area contributed by atoms with Crippen LogP contribution in [-0.4, -0.2) is 22.4 Å². The lowest BCUT2D eigenvalue weighted by molar-refractivity contribution is 0.0524. The van der Waals surface area contributed by atoms with Crippen molar-refractivity contribution in [2.24, 2.45) is 0 Å². The van der Waals surface area contributed by atoms with Gasteiger partial charge in [-0.25, -0.2) is 9.48 Å². The van der Waals surface area contributed by atoms with E-state index in [9.17, 15) is 9.59 Å². The number of hydrogen-bond donors (Lipinski definition) is 0. The number of ether oxygens (including phenoxy) is 1. The molecular formula is C27H24N2O3. The van der Waals surface area contributed by atoms with E-state index in [0.29, 0.717) is 24.2 Å². The van der Waals surface area contributed by atoms with E-state index in [1.54, 1.807) is 6.92 Å². The molecule has 0 atom stereocenters. The first-order chi connectivity index (χ1) is 15.7. The van der Waals surface area contributed by atoms with Crippen molar-refractivity contribution in [2.75, 3.05) is 6.61 Å². The van der Waals surface area contributed by atoms with Crippen LogP contribution >= 0.6 is 0 Å². The summed E-state index contributed by atoms with van der Waals surface area (Å²) in [7, 11) is 0. The average molecular weight is 425 g/mol. The molecule has 1 heterocycles. The van der Waals surface area contributed by atoms with Crippen molar-refractivity contribution < 1.29 is 9.53 Å². The zero-order valence-corrected chi connectivity index (χ0v) is 17.9. The molecule has 0 aliphatic carbocycles. The SMILES string of the molecule is CCOC(=O)c1c(-c2ccccc2)c(-c2ccccc2)nn(CCc2ccccc2)c1=O. The van der Waals surface area contributed by atoms with Crippen molar-refractivity contribution in [1.82, 2.24) is 9.78 Å². The Hall–Kier alpha value is -3.99. The van der Waals surface area contributed by atoms with Crippen molar-refractivity contribution in [3.8, 4) is 22.4 Å². The van der Waals surface area contributed by atoms with E-state index in [1.165, 1.54) is 4.68 Å². The summed E-state index contributed by atoms with van der Waals surface area (Å²) in [4.78, 5) is 26.5. The molecule has 0 radical (unpaired) electrons. The van der Waals surface area contributed by atoms with Crippen molar-refractivity contribution in [2.45, 2.75) is 19.9 Å². The van der Waals surface area contributed by atoms with Crippen LogP contribution in [0.15, 0.2) is 95.8 Å². The zero-order chi connectivity index (χ0) is 22.3. The topological polar surface area (TPSA) is 61.2 Å². The molecule has 4 rings (SSSR count). The number of benzene rings is 3. The van der Waals surface area contributed by atoms with Gasteiger partial charge in [0.25, 0.3) is 5.56 Å². The molecule has 4 aromatic rings. The van der Waals surface area contributed by atoms with Crippen LogP contribution in [0, 0.1) is 0 Å². The van der Waals surface area contributed by atoms with Gasteiger partial charge in [-0.2, -0.15) is 5.10 Å². The van der Waals surface area contributed by atoms with Gasteiger partial charge in [-0.3, -0.25) is 4.79 Å². The Morgan fingerprint density at radius 2 is 1.41 bits per heavy atom. The van der Waals surface area contributed by atoms with Crippen LogP contribution in [0.3, 0.4) is 0 Å². The third-order valence-corrected chi connectivity index (χ3v) is 5.20. The first-order valence-electron chi connectivity index (χ1n) is 10.7. The number of carbonyl (C=O) groups is 1. The highest BCUT2D eigenvalue weighted by atomic mass is 16.5. The second kappa shape index (κ2) is 9.88. The van der Waals surface area contributed by atoms with Gasteiger partial charge in [0, 0.05) is 17.7 Å². The molecule has 0 unspecified atom stereocenters. The fraction of sp³-hybridized carbons (Fsp3) is 0.148. The van der Waals surface area contributed by atoms with Gasteiger partial charge in [0.05, 0.1) is 12.3 Å². The number of esters is 1. The predicted molar refractivity (Wildman–Crippen MR) is 125 cm³/mol. The summed E-state index contributed by atoms with van der Waals surface area (Å²) in [6.45, 7) is 2.26. The summed E-state index contributed by atoms with van der Waals surface area (Å²) in [5, 5.41) is 4.73. The highest BCUT2D eigenvalue weighted by Crippen LogP contribution is 2.32. The highest BCUT2D eigenvalue weighted by Gasteiger charge is 2.26. The molecule has 5 nitrogen and oxygen atoms in total. The van der Waals surface area contributed by atoms with Crippen molar-refractivity contribution >= 4 is 5.97 Å². The molecule has 0 fully saturated rings. The molecule has 32 heavy (non-hydrogen) atoms. The highest BCUT2D eigenvalue weighted by molar-refractivity contribution is 6.00. The van der Waals surface area contributed by atoms with E-state index in [4.69, 9.17) is 9.84 Å². The van der Waals surface area contributed by atoms with Gasteiger partial charge >= 0.3 is 5.97 Å². The molecule has 0 saturated heterocycles. The standard InChI is InChI=1S/C27H24N2O3/c1-2-32-27(31)24-23(21-14-8-4-9-15-21)25(22-16-10-5-11-17-22)28-29(26(24)30)19-18-20-12-6-3-7-13-20/h3-17H,2,18-19H2,1H3. The van der Waals surface area contributed by atoms with E-state index in [1.807, 2.05) is 91.0 Å². The number of hydrogen-bond acceptors (Lipinski definition) is 4. The Kier molecular flexibility index (Phi) is 6.56. The number of carbonyl (C=O) groups excluding carboxylic acids is 1. The number of nitrogens with zero attached hydrogens (tertiary/aromatic N) is 2. The van der Waals surface area contributed by atoms with Crippen molar-refractivity contribution in [3.05, 3.63) is 112 Å². The predicted octanol–water partition coefficient (Wildman–Crippen LogP) is 5.00. The second-order valence-electron chi connectivity index (χ2n) is 7.32. The fourth-order valence-corrected chi connectivity index (χ4v) is 3.68. The molecule has 0 aliphatic rings. The van der Waals surface area contributed by atoms with Crippen LogP contribution < -0.4 is 5.56 Å². The summed E-state index contributed by atoms with van der Waals surface area (Å²) >= 11 is 0. The molecule has 0 aliphatic heterocycles. The van der Waals surface area contributed by atoms with Gasteiger partial charge < -0.3 is 4.74 Å². The monoisotopic (exact) mass is 424 g/mol. The molecular weight excluding hydrogens is 400 g/mol. The third-order valence-electron chi connectivity index (χ3n) is 5.20. The van der Waals surface area contributed by atoms with E-state index >= 15 is 0 Å². The number of rotatable bonds is 7. The Labute approximate surface area is 186 Å². The summed E-state index contributed by atoms with van der Waals surface area (Å²) in [5.74, 6) is -0.635. The van der Waals surface area contributed by atoms with E-state index < -0.39 is 11.5 Å². The van der Waals surface area contributed by atoms with E-state index in [2.05, 4.69) is 0 Å². The number of aromatic nitrogens is 2.